The molecule has 9 nitrogen and oxygen atoms in total. The summed E-state index contributed by atoms with van der Waals surface area (Å²) in [4.78, 5) is 31.9. The topological polar surface area (TPSA) is 115 Å². The third kappa shape index (κ3) is 6.70. The van der Waals surface area contributed by atoms with E-state index in [1.54, 1.807) is 5.10 Å². The van der Waals surface area contributed by atoms with Crippen molar-refractivity contribution in [2.75, 3.05) is 19.0 Å². The summed E-state index contributed by atoms with van der Waals surface area (Å²) in [5, 5.41) is 8.09. The van der Waals surface area contributed by atoms with Crippen LogP contribution in [0.5, 0.6) is 0 Å². The van der Waals surface area contributed by atoms with Gasteiger partial charge >= 0.3 is 12.4 Å². The number of H-pyrrole nitrogens is 1. The number of ether oxygens (including phenoxy) is 1. The molecule has 1 atom stereocenters. The largest absolute Gasteiger partial charge is 0.423 e. The Morgan fingerprint density at radius 1 is 1.05 bits per heavy atom. The second kappa shape index (κ2) is 11.6. The molecular formula is C25H21F7N6O3. The molecule has 0 aliphatic carbocycles. The Morgan fingerprint density at radius 3 is 2.39 bits per heavy atom. The molecule has 0 bridgehead atoms. The van der Waals surface area contributed by atoms with Crippen molar-refractivity contribution < 1.29 is 35.5 Å². The zero-order valence-electron chi connectivity index (χ0n) is 21.1. The molecule has 0 fully saturated rings. The van der Waals surface area contributed by atoms with E-state index >= 15 is 0 Å². The number of pyridine rings is 1. The number of alkyl halides is 6. The quantitative estimate of drug-likeness (QED) is 0.275. The van der Waals surface area contributed by atoms with Gasteiger partial charge < -0.3 is 14.6 Å². The molecule has 0 spiro atoms. The van der Waals surface area contributed by atoms with Gasteiger partial charge in [0.15, 0.2) is 5.82 Å². The van der Waals surface area contributed by atoms with Crippen molar-refractivity contribution in [2.24, 2.45) is 0 Å². The fraction of sp³-hybridized carbons (Fsp3) is 0.320. The maximum absolute atomic E-state index is 14.9. The number of halogens is 7. The number of fused-ring (bicyclic) bond motifs is 1. The van der Waals surface area contributed by atoms with Gasteiger partial charge in [0.2, 0.25) is 0 Å². The van der Waals surface area contributed by atoms with E-state index in [4.69, 9.17) is 4.74 Å². The Balaban J connectivity index is 1.51. The lowest BCUT2D eigenvalue weighted by atomic mass is 10.1. The average molecular weight is 586 g/mol. The van der Waals surface area contributed by atoms with E-state index in [1.807, 2.05) is 0 Å². The van der Waals surface area contributed by atoms with E-state index in [0.29, 0.717) is 17.8 Å². The van der Waals surface area contributed by atoms with E-state index in [9.17, 15) is 40.3 Å². The molecule has 41 heavy (non-hydrogen) atoms. The first-order chi connectivity index (χ1) is 19.3. The van der Waals surface area contributed by atoms with Crippen molar-refractivity contribution in [3.05, 3.63) is 80.6 Å². The molecule has 0 aliphatic rings. The second-order valence-corrected chi connectivity index (χ2v) is 8.95. The van der Waals surface area contributed by atoms with Gasteiger partial charge in [-0.1, -0.05) is 0 Å². The molecule has 0 aliphatic heterocycles. The number of benzene rings is 1. The SMILES string of the molecule is COC[C@@H](CCCn1ccc2cc(-c3ncc(C(F)(F)F)cn3)c(F)cc2c1=O)Nc1cn[nH]c(=O)c1C(F)(F)F. The first kappa shape index (κ1) is 29.6. The van der Waals surface area contributed by atoms with Crippen LogP contribution in [0.1, 0.15) is 24.0 Å². The number of anilines is 1. The van der Waals surface area contributed by atoms with Crippen molar-refractivity contribution in [2.45, 2.75) is 37.8 Å². The number of hydrogen-bond acceptors (Lipinski definition) is 7. The lowest BCUT2D eigenvalue weighted by Gasteiger charge is -2.21. The van der Waals surface area contributed by atoms with E-state index in [0.717, 1.165) is 12.3 Å². The minimum absolute atomic E-state index is 0.00312. The van der Waals surface area contributed by atoms with Crippen LogP contribution in [0.4, 0.5) is 36.4 Å². The number of nitrogens with zero attached hydrogens (tertiary/aromatic N) is 4. The summed E-state index contributed by atoms with van der Waals surface area (Å²) in [7, 11) is 1.35. The van der Waals surface area contributed by atoms with Gasteiger partial charge in [0.25, 0.3) is 11.1 Å². The standard InChI is InChI=1S/C25H21F7N6O3/c1-41-12-15(36-19-11-35-37-22(39)20(19)25(30,31)32)3-2-5-38-6-4-13-7-17(18(26)8-16(13)23(38)40)21-33-9-14(10-34-21)24(27,28)29/h4,6-11,15H,2-3,5,12H2,1H3,(H2,36,37,39)/t15-/m1/s1. The van der Waals surface area contributed by atoms with Crippen LogP contribution in [0.2, 0.25) is 0 Å². The van der Waals surface area contributed by atoms with Crippen LogP contribution in [0, 0.1) is 5.82 Å². The van der Waals surface area contributed by atoms with Gasteiger partial charge in [0.1, 0.15) is 11.4 Å². The summed E-state index contributed by atoms with van der Waals surface area (Å²) in [6, 6.07) is 3.03. The number of rotatable bonds is 9. The number of nitrogens with one attached hydrogen (secondary N) is 2. The molecule has 4 rings (SSSR count). The Labute approximate surface area is 226 Å². The van der Waals surface area contributed by atoms with E-state index in [1.165, 1.54) is 30.0 Å². The summed E-state index contributed by atoms with van der Waals surface area (Å²) in [6.07, 6.45) is -5.73. The van der Waals surface area contributed by atoms with E-state index < -0.39 is 52.1 Å². The van der Waals surface area contributed by atoms with Gasteiger partial charge in [-0.2, -0.15) is 31.4 Å². The van der Waals surface area contributed by atoms with Gasteiger partial charge in [-0.25, -0.2) is 19.5 Å². The number of methoxy groups -OCH3 is 1. The van der Waals surface area contributed by atoms with E-state index in [2.05, 4.69) is 20.4 Å². The van der Waals surface area contributed by atoms with Crippen LogP contribution in [-0.2, 0) is 23.6 Å². The lowest BCUT2D eigenvalue weighted by Crippen LogP contribution is -2.31. The summed E-state index contributed by atoms with van der Waals surface area (Å²) < 4.78 is 99.7. The fourth-order valence-corrected chi connectivity index (χ4v) is 4.18. The fourth-order valence-electron chi connectivity index (χ4n) is 4.18. The van der Waals surface area contributed by atoms with Gasteiger partial charge in [-0.3, -0.25) is 9.59 Å². The highest BCUT2D eigenvalue weighted by Crippen LogP contribution is 2.32. The predicted molar refractivity (Wildman–Crippen MR) is 133 cm³/mol. The number of aromatic amines is 1. The Hall–Kier alpha value is -4.34. The Morgan fingerprint density at radius 2 is 1.76 bits per heavy atom. The van der Waals surface area contributed by atoms with Gasteiger partial charge in [0, 0.05) is 38.3 Å². The first-order valence-corrected chi connectivity index (χ1v) is 11.9. The summed E-state index contributed by atoms with van der Waals surface area (Å²) in [5.41, 5.74) is -5.19. The second-order valence-electron chi connectivity index (χ2n) is 8.95. The molecule has 2 N–H and O–H groups in total. The Bertz CT molecular complexity index is 1650. The van der Waals surface area contributed by atoms with Crippen LogP contribution >= 0.6 is 0 Å². The smallest absolute Gasteiger partial charge is 0.383 e. The highest BCUT2D eigenvalue weighted by molar-refractivity contribution is 5.86. The minimum atomic E-state index is -4.93. The maximum atomic E-state index is 14.9. The molecule has 0 radical (unpaired) electrons. The minimum Gasteiger partial charge on any atom is -0.383 e. The molecular weight excluding hydrogens is 565 g/mol. The molecule has 0 saturated heterocycles. The third-order valence-electron chi connectivity index (χ3n) is 6.10. The highest BCUT2D eigenvalue weighted by Gasteiger charge is 2.37. The van der Waals surface area contributed by atoms with Crippen LogP contribution in [-0.4, -0.2) is 44.5 Å². The first-order valence-electron chi connectivity index (χ1n) is 11.9. The molecule has 1 aromatic carbocycles. The van der Waals surface area contributed by atoms with Crippen LogP contribution in [0.3, 0.4) is 0 Å². The molecule has 16 heteroatoms. The lowest BCUT2D eigenvalue weighted by molar-refractivity contribution is -0.139. The van der Waals surface area contributed by atoms with Gasteiger partial charge in [-0.15, -0.1) is 0 Å². The van der Waals surface area contributed by atoms with Crippen molar-refractivity contribution in [3.63, 3.8) is 0 Å². The maximum Gasteiger partial charge on any atom is 0.423 e. The molecule has 0 amide bonds. The van der Waals surface area contributed by atoms with Crippen molar-refractivity contribution in [3.8, 4) is 11.4 Å². The van der Waals surface area contributed by atoms with Crippen LogP contribution in [0.15, 0.2) is 52.6 Å². The normalized spacial score (nSPS) is 13.0. The van der Waals surface area contributed by atoms with Gasteiger partial charge in [-0.05, 0) is 36.4 Å². The zero-order chi connectivity index (χ0) is 29.9. The highest BCUT2D eigenvalue weighted by atomic mass is 19.4. The van der Waals surface area contributed by atoms with E-state index in [-0.39, 0.29) is 42.8 Å². The van der Waals surface area contributed by atoms with Crippen molar-refractivity contribution in [1.82, 2.24) is 24.7 Å². The molecule has 3 aromatic heterocycles. The number of hydrogen-bond donors (Lipinski definition) is 2. The molecule has 0 saturated carbocycles. The molecule has 0 unspecified atom stereocenters. The summed E-state index contributed by atoms with van der Waals surface area (Å²) >= 11 is 0. The average Bonchev–Trinajstić information content (AvgIpc) is 2.89. The van der Waals surface area contributed by atoms with Crippen LogP contribution in [0.25, 0.3) is 22.2 Å². The predicted octanol–water partition coefficient (Wildman–Crippen LogP) is 4.63. The molecule has 3 heterocycles. The van der Waals surface area contributed by atoms with Crippen molar-refractivity contribution in [1.29, 1.82) is 0 Å². The molecule has 4 aromatic rings. The number of aromatic nitrogens is 5. The third-order valence-corrected chi connectivity index (χ3v) is 6.10. The Kier molecular flexibility index (Phi) is 8.42. The van der Waals surface area contributed by atoms with Gasteiger partial charge in [0.05, 0.1) is 35.0 Å². The van der Waals surface area contributed by atoms with Crippen LogP contribution < -0.4 is 16.4 Å². The summed E-state index contributed by atoms with van der Waals surface area (Å²) in [6.45, 7) is 0.0958. The number of aryl methyl sites for hydroxylation is 1. The monoisotopic (exact) mass is 586 g/mol. The molecule has 218 valence electrons. The zero-order valence-corrected chi connectivity index (χ0v) is 21.1. The van der Waals surface area contributed by atoms with Crippen molar-refractivity contribution >= 4 is 16.5 Å². The summed E-state index contributed by atoms with van der Waals surface area (Å²) in [5.74, 6) is -1.20.